The molecule has 2 amide bonds. The molecule has 166 valence electrons. The minimum Gasteiger partial charge on any atom is -0.341 e. The lowest BCUT2D eigenvalue weighted by molar-refractivity contribution is -0.127. The fourth-order valence-electron chi connectivity index (χ4n) is 3.32. The summed E-state index contributed by atoms with van der Waals surface area (Å²) in [4.78, 5) is 44.7. The van der Waals surface area contributed by atoms with Crippen LogP contribution in [0.3, 0.4) is 0 Å². The van der Waals surface area contributed by atoms with Gasteiger partial charge in [0.15, 0.2) is 0 Å². The minimum atomic E-state index is -0.826. The third-order valence-corrected chi connectivity index (χ3v) is 4.85. The summed E-state index contributed by atoms with van der Waals surface area (Å²) < 4.78 is 0. The molecule has 0 saturated carbocycles. The molecule has 0 saturated heterocycles. The van der Waals surface area contributed by atoms with Crippen LogP contribution < -0.4 is 16.2 Å². The number of aryl methyl sites for hydroxylation is 1. The first-order valence-corrected chi connectivity index (χ1v) is 10.7. The third-order valence-electron chi connectivity index (χ3n) is 4.85. The number of rotatable bonds is 8. The number of aromatic nitrogens is 2. The molecule has 2 aromatic carbocycles. The first kappa shape index (κ1) is 22.9. The summed E-state index contributed by atoms with van der Waals surface area (Å²) in [5.74, 6) is 0.0835. The van der Waals surface area contributed by atoms with Crippen molar-refractivity contribution in [2.24, 2.45) is 5.92 Å². The van der Waals surface area contributed by atoms with E-state index in [1.807, 2.05) is 45.0 Å². The summed E-state index contributed by atoms with van der Waals surface area (Å²) in [6.07, 6.45) is 0.973. The Hall–Kier alpha value is -3.74. The number of aromatic amines is 1. The number of anilines is 1. The normalized spacial score (nSPS) is 11.8. The number of H-pyrrole nitrogens is 1. The van der Waals surface area contributed by atoms with Crippen LogP contribution in [0.15, 0.2) is 65.5 Å². The number of carbonyl (C=O) groups excluding carboxylic acids is 2. The predicted molar refractivity (Wildman–Crippen MR) is 125 cm³/mol. The maximum absolute atomic E-state index is 13.1. The number of amides is 2. The van der Waals surface area contributed by atoms with Gasteiger partial charge >= 0.3 is 0 Å². The van der Waals surface area contributed by atoms with Crippen molar-refractivity contribution in [3.8, 4) is 11.4 Å². The molecule has 3 rings (SSSR count). The zero-order valence-corrected chi connectivity index (χ0v) is 18.5. The van der Waals surface area contributed by atoms with E-state index in [2.05, 4.69) is 20.6 Å². The number of nitrogens with one attached hydrogen (secondary N) is 3. The van der Waals surface area contributed by atoms with Gasteiger partial charge in [-0.15, -0.1) is 0 Å². The summed E-state index contributed by atoms with van der Waals surface area (Å²) in [5, 5.41) is 5.72. The van der Waals surface area contributed by atoms with Crippen LogP contribution in [0.2, 0.25) is 0 Å². The molecule has 3 aromatic rings. The molecule has 0 bridgehead atoms. The van der Waals surface area contributed by atoms with Gasteiger partial charge in [0.25, 0.3) is 11.5 Å². The van der Waals surface area contributed by atoms with Gasteiger partial charge in [-0.1, -0.05) is 63.2 Å². The Bertz CT molecular complexity index is 1140. The van der Waals surface area contributed by atoms with Crippen molar-refractivity contribution in [3.63, 3.8) is 0 Å². The smallest absolute Gasteiger partial charge is 0.251 e. The van der Waals surface area contributed by atoms with E-state index in [0.29, 0.717) is 41.2 Å². The highest BCUT2D eigenvalue weighted by Crippen LogP contribution is 2.21. The Morgan fingerprint density at radius 2 is 1.78 bits per heavy atom. The number of hydrogen-bond donors (Lipinski definition) is 3. The fourth-order valence-corrected chi connectivity index (χ4v) is 3.32. The molecule has 0 radical (unpaired) electrons. The van der Waals surface area contributed by atoms with Crippen LogP contribution in [0.25, 0.3) is 11.4 Å². The second-order valence-electron chi connectivity index (χ2n) is 8.02. The summed E-state index contributed by atoms with van der Waals surface area (Å²) in [6, 6.07) is 16.9. The lowest BCUT2D eigenvalue weighted by Crippen LogP contribution is -2.37. The SMILES string of the molecule is CCc1cc(=O)[nH]c(-c2cccc(NC(=O)C(NC(=O)CC(C)C)c3ccccc3)c2)n1. The highest BCUT2D eigenvalue weighted by atomic mass is 16.2. The maximum Gasteiger partial charge on any atom is 0.251 e. The van der Waals surface area contributed by atoms with Crippen molar-refractivity contribution in [3.05, 3.63) is 82.3 Å². The van der Waals surface area contributed by atoms with Crippen LogP contribution in [0, 0.1) is 5.92 Å². The summed E-state index contributed by atoms with van der Waals surface area (Å²) >= 11 is 0. The number of hydrogen-bond acceptors (Lipinski definition) is 4. The van der Waals surface area contributed by atoms with Gasteiger partial charge in [0, 0.05) is 29.4 Å². The van der Waals surface area contributed by atoms with E-state index >= 15 is 0 Å². The van der Waals surface area contributed by atoms with E-state index in [1.54, 1.807) is 30.3 Å². The van der Waals surface area contributed by atoms with Gasteiger partial charge in [-0.25, -0.2) is 4.98 Å². The van der Waals surface area contributed by atoms with Gasteiger partial charge in [-0.3, -0.25) is 14.4 Å². The predicted octanol–water partition coefficient (Wildman–Crippen LogP) is 3.84. The van der Waals surface area contributed by atoms with E-state index in [4.69, 9.17) is 0 Å². The Balaban J connectivity index is 1.85. The van der Waals surface area contributed by atoms with Crippen molar-refractivity contribution >= 4 is 17.5 Å². The van der Waals surface area contributed by atoms with Crippen LogP contribution in [0.5, 0.6) is 0 Å². The average Bonchev–Trinajstić information content (AvgIpc) is 2.77. The highest BCUT2D eigenvalue weighted by molar-refractivity contribution is 5.98. The number of nitrogens with zero attached hydrogens (tertiary/aromatic N) is 1. The second-order valence-corrected chi connectivity index (χ2v) is 8.02. The molecule has 0 aliphatic rings. The van der Waals surface area contributed by atoms with Crippen molar-refractivity contribution in [2.75, 3.05) is 5.32 Å². The molecule has 3 N–H and O–H groups in total. The van der Waals surface area contributed by atoms with E-state index in [-0.39, 0.29) is 23.3 Å². The lowest BCUT2D eigenvalue weighted by atomic mass is 10.0. The fraction of sp³-hybridized carbons (Fsp3) is 0.280. The minimum absolute atomic E-state index is 0.180. The van der Waals surface area contributed by atoms with Gasteiger partial charge < -0.3 is 15.6 Å². The van der Waals surface area contributed by atoms with Crippen molar-refractivity contribution < 1.29 is 9.59 Å². The summed E-state index contributed by atoms with van der Waals surface area (Å²) in [7, 11) is 0. The van der Waals surface area contributed by atoms with Gasteiger partial charge in [0.05, 0.1) is 0 Å². The van der Waals surface area contributed by atoms with Crippen molar-refractivity contribution in [2.45, 2.75) is 39.7 Å². The first-order chi connectivity index (χ1) is 15.4. The molecule has 7 heteroatoms. The van der Waals surface area contributed by atoms with Crippen LogP contribution in [-0.2, 0) is 16.0 Å². The molecular weight excluding hydrogens is 404 g/mol. The molecule has 0 fully saturated rings. The Morgan fingerprint density at radius 3 is 2.47 bits per heavy atom. The molecule has 1 atom stereocenters. The van der Waals surface area contributed by atoms with Gasteiger partial charge in [-0.05, 0) is 30.0 Å². The summed E-state index contributed by atoms with van der Waals surface area (Å²) in [6.45, 7) is 5.84. The van der Waals surface area contributed by atoms with E-state index in [1.165, 1.54) is 6.07 Å². The Labute approximate surface area is 187 Å². The molecule has 0 aliphatic heterocycles. The molecule has 32 heavy (non-hydrogen) atoms. The van der Waals surface area contributed by atoms with Crippen LogP contribution >= 0.6 is 0 Å². The molecule has 7 nitrogen and oxygen atoms in total. The monoisotopic (exact) mass is 432 g/mol. The maximum atomic E-state index is 13.1. The second kappa shape index (κ2) is 10.5. The first-order valence-electron chi connectivity index (χ1n) is 10.7. The largest absolute Gasteiger partial charge is 0.341 e. The third kappa shape index (κ3) is 6.14. The molecule has 1 aromatic heterocycles. The average molecular weight is 433 g/mol. The lowest BCUT2D eigenvalue weighted by Gasteiger charge is -2.20. The zero-order valence-electron chi connectivity index (χ0n) is 18.5. The van der Waals surface area contributed by atoms with Gasteiger partial charge in [0.2, 0.25) is 5.91 Å². The molecule has 0 aliphatic carbocycles. The number of carbonyl (C=O) groups is 2. The Kier molecular flexibility index (Phi) is 7.54. The summed E-state index contributed by atoms with van der Waals surface area (Å²) in [5.41, 5.74) is 2.37. The van der Waals surface area contributed by atoms with E-state index in [9.17, 15) is 14.4 Å². The number of benzene rings is 2. The molecular formula is C25H28N4O3. The van der Waals surface area contributed by atoms with Crippen LogP contribution in [0.1, 0.15) is 44.5 Å². The quantitative estimate of drug-likeness (QED) is 0.503. The Morgan fingerprint density at radius 1 is 1.03 bits per heavy atom. The molecule has 1 unspecified atom stereocenters. The van der Waals surface area contributed by atoms with Crippen molar-refractivity contribution in [1.82, 2.24) is 15.3 Å². The van der Waals surface area contributed by atoms with Crippen molar-refractivity contribution in [1.29, 1.82) is 0 Å². The topological polar surface area (TPSA) is 104 Å². The molecule has 0 spiro atoms. The van der Waals surface area contributed by atoms with E-state index in [0.717, 1.165) is 0 Å². The van der Waals surface area contributed by atoms with E-state index < -0.39 is 6.04 Å². The molecule has 1 heterocycles. The van der Waals surface area contributed by atoms with Crippen LogP contribution in [-0.4, -0.2) is 21.8 Å². The highest BCUT2D eigenvalue weighted by Gasteiger charge is 2.23. The van der Waals surface area contributed by atoms with Gasteiger partial charge in [0.1, 0.15) is 11.9 Å². The standard InChI is InChI=1S/C25H28N4O3/c1-4-19-15-22(31)29-24(26-19)18-11-8-12-20(14-18)27-25(32)23(17-9-6-5-7-10-17)28-21(30)13-16(2)3/h5-12,14-16,23H,4,13H2,1-3H3,(H,27,32)(H,28,30)(H,26,29,31). The van der Waals surface area contributed by atoms with Gasteiger partial charge in [-0.2, -0.15) is 0 Å². The zero-order chi connectivity index (χ0) is 23.1. The van der Waals surface area contributed by atoms with Crippen LogP contribution in [0.4, 0.5) is 5.69 Å².